The fraction of sp³-hybridized carbons (Fsp3) is 0.235. The first-order valence-electron chi connectivity index (χ1n) is 7.59. The van der Waals surface area contributed by atoms with Crippen LogP contribution in [0.5, 0.6) is 0 Å². The second-order valence-electron chi connectivity index (χ2n) is 5.47. The minimum absolute atomic E-state index is 0.180. The van der Waals surface area contributed by atoms with Gasteiger partial charge in [-0.05, 0) is 25.1 Å². The normalized spacial score (nSPS) is 11.7. The Bertz CT molecular complexity index is 918. The largest absolute Gasteiger partial charge is 0.418 e. The summed E-state index contributed by atoms with van der Waals surface area (Å²) in [6.45, 7) is 2.43. The molecule has 1 N–H and O–H groups in total. The lowest BCUT2D eigenvalue weighted by Gasteiger charge is -2.13. The first-order valence-corrected chi connectivity index (χ1v) is 7.59. The first kappa shape index (κ1) is 16.9. The summed E-state index contributed by atoms with van der Waals surface area (Å²) in [5, 5.41) is 2.53. The minimum Gasteiger partial charge on any atom is -0.350 e. The van der Waals surface area contributed by atoms with Crippen LogP contribution in [0.1, 0.15) is 21.7 Å². The van der Waals surface area contributed by atoms with Gasteiger partial charge in [0.15, 0.2) is 0 Å². The van der Waals surface area contributed by atoms with E-state index in [1.54, 1.807) is 0 Å². The molecule has 3 rings (SSSR count). The third-order valence-corrected chi connectivity index (χ3v) is 3.84. The minimum atomic E-state index is -4.63. The Morgan fingerprint density at radius 1 is 1.24 bits per heavy atom. The van der Waals surface area contributed by atoms with E-state index in [1.165, 1.54) is 0 Å². The lowest BCUT2D eigenvalue weighted by Crippen LogP contribution is -2.29. The summed E-state index contributed by atoms with van der Waals surface area (Å²) < 4.78 is 40.8. The van der Waals surface area contributed by atoms with Crippen LogP contribution in [0.3, 0.4) is 0 Å². The summed E-state index contributed by atoms with van der Waals surface area (Å²) in [6.07, 6.45) is -2.81. The third kappa shape index (κ3) is 3.47. The molecule has 0 aliphatic heterocycles. The number of imidazole rings is 1. The SMILES string of the molecule is Cc1nc2ccccc2n1CCNC(=O)c1ccncc1C(F)(F)F. The molecule has 0 atom stereocenters. The molecule has 5 nitrogen and oxygen atoms in total. The van der Waals surface area contributed by atoms with Crippen molar-refractivity contribution in [3.05, 3.63) is 59.7 Å². The summed E-state index contributed by atoms with van der Waals surface area (Å²) >= 11 is 0. The Kier molecular flexibility index (Phi) is 4.43. The number of rotatable bonds is 4. The summed E-state index contributed by atoms with van der Waals surface area (Å²) in [7, 11) is 0. The van der Waals surface area contributed by atoms with E-state index in [-0.39, 0.29) is 6.54 Å². The van der Waals surface area contributed by atoms with Crippen molar-refractivity contribution in [1.29, 1.82) is 0 Å². The van der Waals surface area contributed by atoms with Gasteiger partial charge in [0.1, 0.15) is 5.82 Å². The summed E-state index contributed by atoms with van der Waals surface area (Å²) in [5.74, 6) is -0.00728. The van der Waals surface area contributed by atoms with Gasteiger partial charge in [-0.2, -0.15) is 13.2 Å². The number of amides is 1. The first-order chi connectivity index (χ1) is 11.9. The number of fused-ring (bicyclic) bond motifs is 1. The molecule has 0 saturated heterocycles. The number of pyridine rings is 1. The molecule has 0 fully saturated rings. The number of hydrogen-bond donors (Lipinski definition) is 1. The van der Waals surface area contributed by atoms with Crippen molar-refractivity contribution in [3.8, 4) is 0 Å². The molecule has 1 aromatic carbocycles. The van der Waals surface area contributed by atoms with Gasteiger partial charge in [0.2, 0.25) is 0 Å². The average molecular weight is 348 g/mol. The maximum atomic E-state index is 12.9. The van der Waals surface area contributed by atoms with E-state index in [2.05, 4.69) is 15.3 Å². The highest BCUT2D eigenvalue weighted by Crippen LogP contribution is 2.31. The van der Waals surface area contributed by atoms with Gasteiger partial charge in [-0.15, -0.1) is 0 Å². The number of benzene rings is 1. The van der Waals surface area contributed by atoms with E-state index >= 15 is 0 Å². The van der Waals surface area contributed by atoms with Crippen molar-refractivity contribution in [3.63, 3.8) is 0 Å². The highest BCUT2D eigenvalue weighted by atomic mass is 19.4. The lowest BCUT2D eigenvalue weighted by molar-refractivity contribution is -0.138. The second-order valence-corrected chi connectivity index (χ2v) is 5.47. The monoisotopic (exact) mass is 348 g/mol. The van der Waals surface area contributed by atoms with Crippen LogP contribution in [0, 0.1) is 6.92 Å². The molecular formula is C17H15F3N4O. The van der Waals surface area contributed by atoms with Crippen molar-refractivity contribution in [1.82, 2.24) is 19.9 Å². The number of carbonyl (C=O) groups excluding carboxylic acids is 1. The van der Waals surface area contributed by atoms with E-state index in [4.69, 9.17) is 0 Å². The molecule has 0 radical (unpaired) electrons. The maximum Gasteiger partial charge on any atom is 0.418 e. The number of halogens is 3. The number of aryl methyl sites for hydroxylation is 1. The van der Waals surface area contributed by atoms with Crippen LogP contribution < -0.4 is 5.32 Å². The van der Waals surface area contributed by atoms with Crippen molar-refractivity contribution >= 4 is 16.9 Å². The molecule has 0 aliphatic carbocycles. The Morgan fingerprint density at radius 2 is 2.00 bits per heavy atom. The van der Waals surface area contributed by atoms with Crippen molar-refractivity contribution in [2.24, 2.45) is 0 Å². The fourth-order valence-corrected chi connectivity index (χ4v) is 2.67. The second kappa shape index (κ2) is 6.54. The molecule has 0 saturated carbocycles. The van der Waals surface area contributed by atoms with Crippen LogP contribution >= 0.6 is 0 Å². The number of hydrogen-bond acceptors (Lipinski definition) is 3. The van der Waals surface area contributed by atoms with Crippen LogP contribution in [0.15, 0.2) is 42.7 Å². The zero-order chi connectivity index (χ0) is 18.0. The number of nitrogens with one attached hydrogen (secondary N) is 1. The molecule has 0 unspecified atom stereocenters. The molecule has 1 amide bonds. The Balaban J connectivity index is 1.72. The summed E-state index contributed by atoms with van der Waals surface area (Å²) in [4.78, 5) is 20.0. The smallest absolute Gasteiger partial charge is 0.350 e. The molecule has 0 aliphatic rings. The van der Waals surface area contributed by atoms with Crippen LogP contribution in [-0.2, 0) is 12.7 Å². The highest BCUT2D eigenvalue weighted by molar-refractivity contribution is 5.95. The molecule has 8 heteroatoms. The number of aromatic nitrogens is 3. The number of para-hydroxylation sites is 2. The summed E-state index contributed by atoms with van der Waals surface area (Å²) in [6, 6.07) is 8.61. The van der Waals surface area contributed by atoms with Gasteiger partial charge in [-0.1, -0.05) is 12.1 Å². The molecule has 0 bridgehead atoms. The zero-order valence-corrected chi connectivity index (χ0v) is 13.3. The zero-order valence-electron chi connectivity index (χ0n) is 13.3. The number of carbonyl (C=O) groups is 1. The molecular weight excluding hydrogens is 333 g/mol. The van der Waals surface area contributed by atoms with E-state index in [0.29, 0.717) is 12.7 Å². The van der Waals surface area contributed by atoms with E-state index in [0.717, 1.165) is 29.1 Å². The standard InChI is InChI=1S/C17H15F3N4O/c1-11-23-14-4-2-3-5-15(14)24(11)9-8-22-16(25)12-6-7-21-10-13(12)17(18,19)20/h2-7,10H,8-9H2,1H3,(H,22,25). The van der Waals surface area contributed by atoms with Gasteiger partial charge in [0.25, 0.3) is 5.91 Å². The van der Waals surface area contributed by atoms with Gasteiger partial charge < -0.3 is 9.88 Å². The van der Waals surface area contributed by atoms with E-state index in [9.17, 15) is 18.0 Å². The van der Waals surface area contributed by atoms with Gasteiger partial charge in [-0.25, -0.2) is 4.98 Å². The van der Waals surface area contributed by atoms with Gasteiger partial charge in [0, 0.05) is 25.5 Å². The quantitative estimate of drug-likeness (QED) is 0.788. The average Bonchev–Trinajstić information content (AvgIpc) is 2.90. The maximum absolute atomic E-state index is 12.9. The molecule has 130 valence electrons. The number of nitrogens with zero attached hydrogens (tertiary/aromatic N) is 3. The van der Waals surface area contributed by atoms with Crippen molar-refractivity contribution in [2.75, 3.05) is 6.54 Å². The predicted octanol–water partition coefficient (Wildman–Crippen LogP) is 3.19. The lowest BCUT2D eigenvalue weighted by atomic mass is 10.1. The van der Waals surface area contributed by atoms with Crippen LogP contribution in [0.25, 0.3) is 11.0 Å². The molecule has 2 aromatic heterocycles. The Hall–Kier alpha value is -2.90. The molecule has 3 aromatic rings. The van der Waals surface area contributed by atoms with Gasteiger partial charge in [0.05, 0.1) is 22.2 Å². The van der Waals surface area contributed by atoms with Crippen LogP contribution in [-0.4, -0.2) is 27.0 Å². The Labute approximate surface area is 141 Å². The molecule has 0 spiro atoms. The van der Waals surface area contributed by atoms with Gasteiger partial charge in [-0.3, -0.25) is 9.78 Å². The van der Waals surface area contributed by atoms with Crippen LogP contribution in [0.2, 0.25) is 0 Å². The number of alkyl halides is 3. The Morgan fingerprint density at radius 3 is 2.76 bits per heavy atom. The summed E-state index contributed by atoms with van der Waals surface area (Å²) in [5.41, 5.74) is 0.264. The highest BCUT2D eigenvalue weighted by Gasteiger charge is 2.35. The van der Waals surface area contributed by atoms with Crippen molar-refractivity contribution < 1.29 is 18.0 Å². The van der Waals surface area contributed by atoms with E-state index < -0.39 is 23.2 Å². The third-order valence-electron chi connectivity index (χ3n) is 3.84. The fourth-order valence-electron chi connectivity index (χ4n) is 2.67. The predicted molar refractivity (Wildman–Crippen MR) is 86.0 cm³/mol. The van der Waals surface area contributed by atoms with Crippen LogP contribution in [0.4, 0.5) is 13.2 Å². The topological polar surface area (TPSA) is 59.8 Å². The van der Waals surface area contributed by atoms with Gasteiger partial charge >= 0.3 is 6.18 Å². The van der Waals surface area contributed by atoms with Crippen molar-refractivity contribution in [2.45, 2.75) is 19.6 Å². The molecule has 2 heterocycles. The molecule has 25 heavy (non-hydrogen) atoms. The van der Waals surface area contributed by atoms with E-state index in [1.807, 2.05) is 35.8 Å².